The number of benzene rings is 3. The molecule has 0 aliphatic heterocycles. The van der Waals surface area contributed by atoms with Gasteiger partial charge in [-0.1, -0.05) is 68.4 Å². The third-order valence-electron chi connectivity index (χ3n) is 5.48. The molecule has 1 aliphatic carbocycles. The topological polar surface area (TPSA) is 49.4 Å². The van der Waals surface area contributed by atoms with Crippen LogP contribution in [-0.2, 0) is 10.0 Å². The summed E-state index contributed by atoms with van der Waals surface area (Å²) in [6, 6.07) is 20.7. The van der Waals surface area contributed by atoms with E-state index in [4.69, 9.17) is 0 Å². The van der Waals surface area contributed by atoms with Gasteiger partial charge in [0.05, 0.1) is 17.0 Å². The van der Waals surface area contributed by atoms with Crippen molar-refractivity contribution < 1.29 is 8.42 Å². The Morgan fingerprint density at radius 3 is 2.11 bits per heavy atom. The fraction of sp³-hybridized carbons (Fsp3) is 0.273. The van der Waals surface area contributed by atoms with Gasteiger partial charge in [0.15, 0.2) is 0 Å². The first-order valence-electron chi connectivity index (χ1n) is 9.39. The molecule has 1 aliphatic rings. The maximum Gasteiger partial charge on any atom is 0.241 e. The first kappa shape index (κ1) is 18.2. The van der Waals surface area contributed by atoms with Crippen molar-refractivity contribution in [2.24, 2.45) is 0 Å². The van der Waals surface area contributed by atoms with Crippen LogP contribution in [0, 0.1) is 0 Å². The van der Waals surface area contributed by atoms with E-state index >= 15 is 0 Å². The third-order valence-corrected chi connectivity index (χ3v) is 6.94. The maximum absolute atomic E-state index is 13.1. The molecule has 0 heterocycles. The Kier molecular flexibility index (Phi) is 4.76. The van der Waals surface area contributed by atoms with Crippen molar-refractivity contribution in [1.29, 1.82) is 0 Å². The van der Waals surface area contributed by atoms with E-state index in [1.54, 1.807) is 24.3 Å². The number of rotatable bonds is 6. The summed E-state index contributed by atoms with van der Waals surface area (Å²) in [5, 5.41) is 2.33. The van der Waals surface area contributed by atoms with Gasteiger partial charge in [-0.25, -0.2) is 13.1 Å². The van der Waals surface area contributed by atoms with Crippen molar-refractivity contribution in [2.75, 3.05) is 13.1 Å². The van der Waals surface area contributed by atoms with E-state index in [1.165, 1.54) is 10.9 Å². The van der Waals surface area contributed by atoms with E-state index in [2.05, 4.69) is 47.7 Å². The molecule has 0 spiro atoms. The Morgan fingerprint density at radius 2 is 1.48 bits per heavy atom. The molecule has 0 saturated carbocycles. The van der Waals surface area contributed by atoms with Gasteiger partial charge >= 0.3 is 0 Å². The molecule has 27 heavy (non-hydrogen) atoms. The molecule has 0 saturated heterocycles. The van der Waals surface area contributed by atoms with Gasteiger partial charge in [-0.2, -0.15) is 0 Å². The summed E-state index contributed by atoms with van der Waals surface area (Å²) in [4.78, 5) is 2.62. The second kappa shape index (κ2) is 7.08. The van der Waals surface area contributed by atoms with Crippen molar-refractivity contribution >= 4 is 20.8 Å². The normalized spacial score (nSPS) is 19.1. The Morgan fingerprint density at radius 1 is 0.852 bits per heavy atom. The highest BCUT2D eigenvalue weighted by Gasteiger charge is 2.39. The molecule has 0 aromatic heterocycles. The van der Waals surface area contributed by atoms with Crippen LogP contribution in [0.4, 0.5) is 0 Å². The van der Waals surface area contributed by atoms with Gasteiger partial charge in [-0.05, 0) is 47.1 Å². The number of hydrogen-bond acceptors (Lipinski definition) is 3. The fourth-order valence-electron chi connectivity index (χ4n) is 4.24. The average Bonchev–Trinajstić information content (AvgIpc) is 2.99. The zero-order valence-corrected chi connectivity index (χ0v) is 16.4. The van der Waals surface area contributed by atoms with Crippen LogP contribution >= 0.6 is 0 Å². The molecular weight excluding hydrogens is 356 g/mol. The van der Waals surface area contributed by atoms with Gasteiger partial charge in [-0.3, -0.25) is 4.90 Å². The highest BCUT2D eigenvalue weighted by Crippen LogP contribution is 2.47. The number of nitrogens with zero attached hydrogens (tertiary/aromatic N) is 1. The molecule has 0 fully saturated rings. The van der Waals surface area contributed by atoms with Crippen molar-refractivity contribution in [3.63, 3.8) is 0 Å². The first-order valence-corrected chi connectivity index (χ1v) is 10.9. The molecular formula is C22H24N2O2S. The average molecular weight is 381 g/mol. The van der Waals surface area contributed by atoms with Crippen molar-refractivity contribution in [3.8, 4) is 0 Å². The summed E-state index contributed by atoms with van der Waals surface area (Å²) in [6.45, 7) is 5.95. The predicted octanol–water partition coefficient (Wildman–Crippen LogP) is 4.26. The highest BCUT2D eigenvalue weighted by molar-refractivity contribution is 7.89. The quantitative estimate of drug-likeness (QED) is 0.695. The minimum Gasteiger partial charge on any atom is -0.295 e. The SMILES string of the molecule is CCN(CC)[C@H]1c2cccc3cccc(c23)[C@H]1NS(=O)(=O)c1ccccc1. The maximum atomic E-state index is 13.1. The fourth-order valence-corrected chi connectivity index (χ4v) is 5.48. The van der Waals surface area contributed by atoms with Gasteiger partial charge in [0.25, 0.3) is 0 Å². The zero-order valence-electron chi connectivity index (χ0n) is 15.6. The zero-order chi connectivity index (χ0) is 19.0. The van der Waals surface area contributed by atoms with E-state index in [-0.39, 0.29) is 12.1 Å². The summed E-state index contributed by atoms with van der Waals surface area (Å²) < 4.78 is 29.2. The predicted molar refractivity (Wildman–Crippen MR) is 109 cm³/mol. The van der Waals surface area contributed by atoms with Crippen LogP contribution < -0.4 is 4.72 Å². The summed E-state index contributed by atoms with van der Waals surface area (Å²) in [7, 11) is -3.62. The lowest BCUT2D eigenvalue weighted by Gasteiger charge is -2.32. The standard InChI is InChI=1S/C22H24N2O2S/c1-3-24(4-2)22-19-15-9-11-16-10-8-14-18(20(16)19)21(22)23-27(25,26)17-12-6-5-7-13-17/h5-15,21-23H,3-4H2,1-2H3/t21-,22+/m1/s1. The first-order chi connectivity index (χ1) is 13.1. The minimum absolute atomic E-state index is 0.0143. The minimum atomic E-state index is -3.62. The van der Waals surface area contributed by atoms with Gasteiger partial charge in [0.1, 0.15) is 0 Å². The molecule has 1 N–H and O–H groups in total. The molecule has 3 aromatic rings. The molecule has 0 unspecified atom stereocenters. The van der Waals surface area contributed by atoms with Crippen molar-refractivity contribution in [3.05, 3.63) is 77.9 Å². The molecule has 0 bridgehead atoms. The number of nitrogens with one attached hydrogen (secondary N) is 1. The monoisotopic (exact) mass is 380 g/mol. The van der Waals surface area contributed by atoms with Crippen LogP contribution in [0.5, 0.6) is 0 Å². The smallest absolute Gasteiger partial charge is 0.241 e. The number of likely N-dealkylation sites (N-methyl/N-ethyl adjacent to an activating group) is 1. The van der Waals surface area contributed by atoms with E-state index in [9.17, 15) is 8.42 Å². The molecule has 3 aromatic carbocycles. The van der Waals surface area contributed by atoms with Gasteiger partial charge in [0, 0.05) is 0 Å². The van der Waals surface area contributed by atoms with Crippen LogP contribution in [0.2, 0.25) is 0 Å². The van der Waals surface area contributed by atoms with Crippen LogP contribution in [0.15, 0.2) is 71.6 Å². The van der Waals surface area contributed by atoms with E-state index in [1.807, 2.05) is 18.2 Å². The van der Waals surface area contributed by atoms with Gasteiger partial charge in [-0.15, -0.1) is 0 Å². The molecule has 140 valence electrons. The van der Waals surface area contributed by atoms with Gasteiger partial charge < -0.3 is 0 Å². The Balaban J connectivity index is 1.84. The third kappa shape index (κ3) is 3.06. The molecule has 2 atom stereocenters. The summed E-state index contributed by atoms with van der Waals surface area (Å²) in [5.41, 5.74) is 2.26. The lowest BCUT2D eigenvalue weighted by Crippen LogP contribution is -2.38. The van der Waals surface area contributed by atoms with Crippen molar-refractivity contribution in [2.45, 2.75) is 30.8 Å². The Labute approximate surface area is 160 Å². The van der Waals surface area contributed by atoms with E-state index in [0.29, 0.717) is 4.90 Å². The van der Waals surface area contributed by atoms with Crippen LogP contribution in [-0.4, -0.2) is 26.4 Å². The Hall–Kier alpha value is -2.21. The van der Waals surface area contributed by atoms with E-state index < -0.39 is 10.0 Å². The van der Waals surface area contributed by atoms with Crippen LogP contribution in [0.3, 0.4) is 0 Å². The van der Waals surface area contributed by atoms with Crippen LogP contribution in [0.1, 0.15) is 37.1 Å². The molecule has 4 nitrogen and oxygen atoms in total. The van der Waals surface area contributed by atoms with Crippen LogP contribution in [0.25, 0.3) is 10.8 Å². The highest BCUT2D eigenvalue weighted by atomic mass is 32.2. The van der Waals surface area contributed by atoms with E-state index in [0.717, 1.165) is 24.0 Å². The summed E-state index contributed by atoms with van der Waals surface area (Å²) in [5.74, 6) is 0. The lowest BCUT2D eigenvalue weighted by molar-refractivity contribution is 0.190. The number of sulfonamides is 1. The molecule has 0 radical (unpaired) electrons. The molecule has 0 amide bonds. The lowest BCUT2D eigenvalue weighted by atomic mass is 10.0. The molecule has 4 rings (SSSR count). The Bertz CT molecular complexity index is 1050. The second-order valence-corrected chi connectivity index (χ2v) is 8.58. The van der Waals surface area contributed by atoms with Crippen molar-refractivity contribution in [1.82, 2.24) is 9.62 Å². The summed E-state index contributed by atoms with van der Waals surface area (Å²) >= 11 is 0. The van der Waals surface area contributed by atoms with Gasteiger partial charge in [0.2, 0.25) is 10.0 Å². The second-order valence-electron chi connectivity index (χ2n) is 6.87. The molecule has 5 heteroatoms. The largest absolute Gasteiger partial charge is 0.295 e. The summed E-state index contributed by atoms with van der Waals surface area (Å²) in [6.07, 6.45) is 0. The number of hydrogen-bond donors (Lipinski definition) is 1.